The van der Waals surface area contributed by atoms with Crippen molar-refractivity contribution in [2.45, 2.75) is 33.1 Å². The van der Waals surface area contributed by atoms with Crippen LogP contribution in [0, 0.1) is 5.41 Å². The monoisotopic (exact) mass is 150 g/mol. The third-order valence-corrected chi connectivity index (χ3v) is 2.55. The molecule has 11 heavy (non-hydrogen) atoms. The Morgan fingerprint density at radius 2 is 2.27 bits per heavy atom. The lowest BCUT2D eigenvalue weighted by Crippen LogP contribution is -2.20. The zero-order valence-electron chi connectivity index (χ0n) is 7.18. The maximum atomic E-state index is 5.39. The summed E-state index contributed by atoms with van der Waals surface area (Å²) in [5.74, 6) is 1.21. The van der Waals surface area contributed by atoms with Gasteiger partial charge in [0.2, 0.25) is 0 Å². The van der Waals surface area contributed by atoms with Gasteiger partial charge in [-0.2, -0.15) is 0 Å². The molecule has 60 valence electrons. The molecule has 0 spiro atoms. The summed E-state index contributed by atoms with van der Waals surface area (Å²) in [7, 11) is 0. The molecule has 1 heterocycles. The van der Waals surface area contributed by atoms with E-state index >= 15 is 0 Å². The van der Waals surface area contributed by atoms with Gasteiger partial charge in [0.25, 0.3) is 0 Å². The topological polar surface area (TPSA) is 13.1 Å². The fourth-order valence-electron chi connectivity index (χ4n) is 1.74. The van der Waals surface area contributed by atoms with Crippen LogP contribution in [-0.2, 0) is 12.8 Å². The molecule has 0 fully saturated rings. The van der Waals surface area contributed by atoms with E-state index in [9.17, 15) is 0 Å². The third kappa shape index (κ3) is 1.20. The van der Waals surface area contributed by atoms with Crippen LogP contribution in [0.5, 0.6) is 0 Å². The summed E-state index contributed by atoms with van der Waals surface area (Å²) >= 11 is 0. The highest BCUT2D eigenvalue weighted by Crippen LogP contribution is 2.34. The third-order valence-electron chi connectivity index (χ3n) is 2.55. The van der Waals surface area contributed by atoms with E-state index < -0.39 is 0 Å². The van der Waals surface area contributed by atoms with Gasteiger partial charge in [-0.15, -0.1) is 0 Å². The average molecular weight is 150 g/mol. The lowest BCUT2D eigenvalue weighted by molar-refractivity contribution is 0.283. The highest BCUT2D eigenvalue weighted by molar-refractivity contribution is 5.21. The number of fused-ring (bicyclic) bond motifs is 1. The second kappa shape index (κ2) is 2.13. The minimum atomic E-state index is 0.449. The van der Waals surface area contributed by atoms with Crippen LogP contribution in [0.4, 0.5) is 0 Å². The predicted octanol–water partition coefficient (Wildman–Crippen LogP) is 2.79. The first-order valence-corrected chi connectivity index (χ1v) is 4.23. The number of rotatable bonds is 0. The summed E-state index contributed by atoms with van der Waals surface area (Å²) in [5, 5.41) is 0. The Morgan fingerprint density at radius 1 is 1.45 bits per heavy atom. The molecular formula is C10H14O. The molecule has 0 saturated carbocycles. The zero-order chi connectivity index (χ0) is 7.90. The molecule has 1 aliphatic rings. The Bertz CT molecular complexity index is 258. The van der Waals surface area contributed by atoms with Crippen molar-refractivity contribution in [3.8, 4) is 0 Å². The van der Waals surface area contributed by atoms with Crippen LogP contribution < -0.4 is 0 Å². The number of aryl methyl sites for hydroxylation is 1. The number of hydrogen-bond acceptors (Lipinski definition) is 1. The van der Waals surface area contributed by atoms with E-state index in [1.165, 1.54) is 24.2 Å². The van der Waals surface area contributed by atoms with Crippen molar-refractivity contribution in [2.24, 2.45) is 5.41 Å². The van der Waals surface area contributed by atoms with Crippen LogP contribution in [0.25, 0.3) is 0 Å². The van der Waals surface area contributed by atoms with E-state index in [4.69, 9.17) is 4.42 Å². The molecular weight excluding hydrogens is 136 g/mol. The van der Waals surface area contributed by atoms with Gasteiger partial charge in [0.05, 0.1) is 6.26 Å². The molecule has 0 atom stereocenters. The quantitative estimate of drug-likeness (QED) is 0.554. The molecule has 0 radical (unpaired) electrons. The maximum Gasteiger partial charge on any atom is 0.107 e. The maximum absolute atomic E-state index is 5.39. The molecule has 0 saturated heterocycles. The van der Waals surface area contributed by atoms with Crippen LogP contribution in [0.2, 0.25) is 0 Å². The van der Waals surface area contributed by atoms with Crippen molar-refractivity contribution in [3.63, 3.8) is 0 Å². The van der Waals surface area contributed by atoms with Gasteiger partial charge in [-0.1, -0.05) is 13.8 Å². The standard InChI is InChI=1S/C10H14O/c1-10(2)5-3-8-4-6-11-9(8)7-10/h4,6H,3,5,7H2,1-2H3. The summed E-state index contributed by atoms with van der Waals surface area (Å²) in [6, 6.07) is 2.10. The van der Waals surface area contributed by atoms with E-state index in [0.29, 0.717) is 5.41 Å². The highest BCUT2D eigenvalue weighted by atomic mass is 16.3. The first-order chi connectivity index (χ1) is 5.17. The predicted molar refractivity (Wildman–Crippen MR) is 44.5 cm³/mol. The van der Waals surface area contributed by atoms with E-state index in [1.807, 2.05) is 6.26 Å². The van der Waals surface area contributed by atoms with Crippen molar-refractivity contribution in [1.29, 1.82) is 0 Å². The van der Waals surface area contributed by atoms with Crippen LogP contribution in [-0.4, -0.2) is 0 Å². The molecule has 0 unspecified atom stereocenters. The van der Waals surface area contributed by atoms with Gasteiger partial charge in [-0.3, -0.25) is 0 Å². The van der Waals surface area contributed by atoms with Crippen molar-refractivity contribution < 1.29 is 4.42 Å². The molecule has 0 aromatic carbocycles. The fraction of sp³-hybridized carbons (Fsp3) is 0.600. The van der Waals surface area contributed by atoms with Crippen LogP contribution in [0.1, 0.15) is 31.6 Å². The summed E-state index contributed by atoms with van der Waals surface area (Å²) < 4.78 is 5.39. The highest BCUT2D eigenvalue weighted by Gasteiger charge is 2.26. The first kappa shape index (κ1) is 6.96. The van der Waals surface area contributed by atoms with E-state index in [2.05, 4.69) is 19.9 Å². The molecule has 0 aliphatic heterocycles. The molecule has 2 rings (SSSR count). The van der Waals surface area contributed by atoms with Gasteiger partial charge in [0.1, 0.15) is 5.76 Å². The van der Waals surface area contributed by atoms with Gasteiger partial charge in [0.15, 0.2) is 0 Å². The Labute approximate surface area is 67.4 Å². The SMILES string of the molecule is CC1(C)CCc2ccoc2C1. The van der Waals surface area contributed by atoms with Gasteiger partial charge >= 0.3 is 0 Å². The summed E-state index contributed by atoms with van der Waals surface area (Å²) in [6.07, 6.45) is 5.40. The second-order valence-corrected chi connectivity index (χ2v) is 4.21. The number of furan rings is 1. The molecule has 0 amide bonds. The van der Waals surface area contributed by atoms with Crippen molar-refractivity contribution in [3.05, 3.63) is 23.7 Å². The van der Waals surface area contributed by atoms with Crippen LogP contribution in [0.3, 0.4) is 0 Å². The van der Waals surface area contributed by atoms with E-state index in [1.54, 1.807) is 0 Å². The smallest absolute Gasteiger partial charge is 0.107 e. The first-order valence-electron chi connectivity index (χ1n) is 4.23. The molecule has 1 aromatic heterocycles. The molecule has 0 N–H and O–H groups in total. The van der Waals surface area contributed by atoms with E-state index in [0.717, 1.165) is 6.42 Å². The largest absolute Gasteiger partial charge is 0.469 e. The lowest BCUT2D eigenvalue weighted by Gasteiger charge is -2.27. The van der Waals surface area contributed by atoms with Crippen molar-refractivity contribution in [1.82, 2.24) is 0 Å². The Morgan fingerprint density at radius 3 is 3.09 bits per heavy atom. The fourth-order valence-corrected chi connectivity index (χ4v) is 1.74. The minimum absolute atomic E-state index is 0.449. The molecule has 1 aromatic rings. The van der Waals surface area contributed by atoms with Gasteiger partial charge in [-0.25, -0.2) is 0 Å². The number of hydrogen-bond donors (Lipinski definition) is 0. The van der Waals surface area contributed by atoms with Gasteiger partial charge in [-0.05, 0) is 29.9 Å². The normalized spacial score (nSPS) is 21.3. The zero-order valence-corrected chi connectivity index (χ0v) is 7.18. The van der Waals surface area contributed by atoms with Gasteiger partial charge < -0.3 is 4.42 Å². The van der Waals surface area contributed by atoms with E-state index in [-0.39, 0.29) is 0 Å². The lowest BCUT2D eigenvalue weighted by atomic mass is 9.77. The molecule has 1 aliphatic carbocycles. The van der Waals surface area contributed by atoms with Gasteiger partial charge in [0, 0.05) is 6.42 Å². The van der Waals surface area contributed by atoms with Crippen LogP contribution in [0.15, 0.2) is 16.7 Å². The van der Waals surface area contributed by atoms with Crippen LogP contribution >= 0.6 is 0 Å². The molecule has 1 nitrogen and oxygen atoms in total. The average Bonchev–Trinajstić information content (AvgIpc) is 2.31. The summed E-state index contributed by atoms with van der Waals surface area (Å²) in [4.78, 5) is 0. The minimum Gasteiger partial charge on any atom is -0.469 e. The second-order valence-electron chi connectivity index (χ2n) is 4.21. The van der Waals surface area contributed by atoms with Crippen molar-refractivity contribution >= 4 is 0 Å². The van der Waals surface area contributed by atoms with Crippen molar-refractivity contribution in [2.75, 3.05) is 0 Å². The Kier molecular flexibility index (Phi) is 1.35. The Hall–Kier alpha value is -0.720. The summed E-state index contributed by atoms with van der Waals surface area (Å²) in [5.41, 5.74) is 1.87. The Balaban J connectivity index is 2.32. The summed E-state index contributed by atoms with van der Waals surface area (Å²) in [6.45, 7) is 4.61. The molecule has 1 heteroatoms. The molecule has 0 bridgehead atoms.